The van der Waals surface area contributed by atoms with Gasteiger partial charge in [0.1, 0.15) is 30.6 Å². The molecule has 0 amide bonds. The molecule has 1 aromatic heterocycles. The molecule has 3 aromatic rings. The minimum Gasteiger partial charge on any atom is -0.460 e. The SMILES string of the molecule is C[C@H](NP(=O)(OC[C@@]1(N=[N+]=[N-])O[C@@H](n2ccc(=O)[nH]c2=O)[C@H](O)[C@@H]1O)Oc1cccc(C#N)c1)C(=O)OCc1ccccc1. The number of carbonyl (C=O) groups is 1. The van der Waals surface area contributed by atoms with Crippen molar-refractivity contribution in [3.8, 4) is 11.8 Å². The summed E-state index contributed by atoms with van der Waals surface area (Å²) in [6.07, 6.45) is -4.66. The molecule has 0 saturated carbocycles. The van der Waals surface area contributed by atoms with E-state index in [0.29, 0.717) is 5.56 Å². The zero-order valence-corrected chi connectivity index (χ0v) is 23.8. The van der Waals surface area contributed by atoms with Crippen LogP contribution in [-0.2, 0) is 30.0 Å². The van der Waals surface area contributed by atoms with Crippen molar-refractivity contribution >= 4 is 13.7 Å². The number of esters is 1. The van der Waals surface area contributed by atoms with Crippen LogP contribution in [0.4, 0.5) is 0 Å². The lowest BCUT2D eigenvalue weighted by molar-refractivity contribution is -0.146. The van der Waals surface area contributed by atoms with Crippen LogP contribution in [0.1, 0.15) is 24.3 Å². The summed E-state index contributed by atoms with van der Waals surface area (Å²) in [7, 11) is -4.68. The Morgan fingerprint density at radius 1 is 1.27 bits per heavy atom. The number of hydrogen-bond acceptors (Lipinski definition) is 12. The van der Waals surface area contributed by atoms with E-state index in [4.69, 9.17) is 18.5 Å². The first-order valence-electron chi connectivity index (χ1n) is 12.8. The Morgan fingerprint density at radius 3 is 2.70 bits per heavy atom. The van der Waals surface area contributed by atoms with Crippen molar-refractivity contribution < 1.29 is 38.1 Å². The molecule has 6 atom stereocenters. The van der Waals surface area contributed by atoms with Crippen molar-refractivity contribution in [3.05, 3.63) is 109 Å². The van der Waals surface area contributed by atoms with E-state index < -0.39 is 61.8 Å². The molecule has 1 saturated heterocycles. The molecule has 2 heterocycles. The third kappa shape index (κ3) is 7.40. The van der Waals surface area contributed by atoms with Gasteiger partial charge < -0.3 is 24.2 Å². The number of aromatic amines is 1. The first kappa shape index (κ1) is 32.1. The van der Waals surface area contributed by atoms with E-state index in [1.54, 1.807) is 30.3 Å². The van der Waals surface area contributed by atoms with E-state index in [2.05, 4.69) is 15.1 Å². The molecule has 1 aliphatic heterocycles. The van der Waals surface area contributed by atoms with Crippen molar-refractivity contribution in [1.82, 2.24) is 14.6 Å². The van der Waals surface area contributed by atoms with Gasteiger partial charge in [0, 0.05) is 17.2 Å². The van der Waals surface area contributed by atoms with E-state index in [-0.39, 0.29) is 17.9 Å². The van der Waals surface area contributed by atoms with Crippen LogP contribution in [0.2, 0.25) is 0 Å². The van der Waals surface area contributed by atoms with E-state index in [1.165, 1.54) is 31.2 Å². The number of azide groups is 1. The lowest BCUT2D eigenvalue weighted by Gasteiger charge is -2.29. The second-order valence-corrected chi connectivity index (χ2v) is 11.1. The van der Waals surface area contributed by atoms with E-state index in [0.717, 1.165) is 16.8 Å². The van der Waals surface area contributed by atoms with Crippen molar-refractivity contribution in [3.63, 3.8) is 0 Å². The number of aliphatic hydroxyl groups excluding tert-OH is 2. The van der Waals surface area contributed by atoms with Crippen LogP contribution >= 0.6 is 7.75 Å². The molecule has 1 fully saturated rings. The second-order valence-electron chi connectivity index (χ2n) is 9.44. The van der Waals surface area contributed by atoms with Gasteiger partial charge in [-0.2, -0.15) is 10.3 Å². The van der Waals surface area contributed by atoms with Gasteiger partial charge in [-0.05, 0) is 36.2 Å². The Balaban J connectivity index is 1.59. The monoisotopic (exact) mass is 627 g/mol. The van der Waals surface area contributed by atoms with Gasteiger partial charge in [0.25, 0.3) is 5.56 Å². The number of aliphatic hydroxyl groups is 2. The quantitative estimate of drug-likeness (QED) is 0.0734. The van der Waals surface area contributed by atoms with Crippen LogP contribution in [0.5, 0.6) is 5.75 Å². The summed E-state index contributed by atoms with van der Waals surface area (Å²) in [6.45, 7) is 0.175. The van der Waals surface area contributed by atoms with Gasteiger partial charge in [0.05, 0.1) is 18.2 Å². The summed E-state index contributed by atoms with van der Waals surface area (Å²) in [4.78, 5) is 41.1. The van der Waals surface area contributed by atoms with Gasteiger partial charge in [-0.3, -0.25) is 23.7 Å². The second kappa shape index (κ2) is 13.7. The number of ether oxygens (including phenoxy) is 2. The van der Waals surface area contributed by atoms with Gasteiger partial charge in [-0.1, -0.05) is 41.5 Å². The molecule has 0 spiro atoms. The Kier molecular flexibility index (Phi) is 9.99. The van der Waals surface area contributed by atoms with Crippen LogP contribution in [0, 0.1) is 11.3 Å². The van der Waals surface area contributed by atoms with E-state index in [1.807, 2.05) is 11.1 Å². The Morgan fingerprint density at radius 2 is 2.02 bits per heavy atom. The number of benzene rings is 2. The maximum absolute atomic E-state index is 14.0. The first-order chi connectivity index (χ1) is 21.0. The molecule has 1 unspecified atom stereocenters. The van der Waals surface area contributed by atoms with Gasteiger partial charge in [0.15, 0.2) is 6.23 Å². The fraction of sp³-hybridized carbons (Fsp3) is 0.308. The highest BCUT2D eigenvalue weighted by molar-refractivity contribution is 7.52. The number of hydrogen-bond donors (Lipinski definition) is 4. The largest absolute Gasteiger partial charge is 0.460 e. The predicted molar refractivity (Wildman–Crippen MR) is 150 cm³/mol. The van der Waals surface area contributed by atoms with Crippen molar-refractivity contribution in [2.24, 2.45) is 5.11 Å². The minimum absolute atomic E-state index is 0.0919. The standard InChI is InChI=1S/C26H26N7O10P/c1-16(24(37)40-14-17-6-3-2-4-7-17)30-44(39,43-19-9-5-8-18(12-19)13-27)41-15-26(31-32-28)22(36)21(35)23(42-26)33-11-10-20(34)29-25(33)38/h2-12,16,21-23,35-36H,14-15H2,1H3,(H,30,39)(H,29,34,38)/t16-,21+,22-,23+,26+,44?/m0/s1. The molecule has 1 aliphatic rings. The lowest BCUT2D eigenvalue weighted by atomic mass is 10.1. The number of nitrogens with one attached hydrogen (secondary N) is 2. The average Bonchev–Trinajstić information content (AvgIpc) is 3.25. The van der Waals surface area contributed by atoms with Gasteiger partial charge >= 0.3 is 19.4 Å². The summed E-state index contributed by atoms with van der Waals surface area (Å²) in [5.74, 6) is -0.963. The summed E-state index contributed by atoms with van der Waals surface area (Å²) >= 11 is 0. The number of carbonyl (C=O) groups excluding carboxylic acids is 1. The highest BCUT2D eigenvalue weighted by atomic mass is 31.2. The summed E-state index contributed by atoms with van der Waals surface area (Å²) in [6, 6.07) is 15.8. The van der Waals surface area contributed by atoms with Crippen molar-refractivity contribution in [2.75, 3.05) is 6.61 Å². The van der Waals surface area contributed by atoms with Gasteiger partial charge in [-0.15, -0.1) is 0 Å². The molecule has 17 nitrogen and oxygen atoms in total. The number of aromatic nitrogens is 2. The number of nitriles is 1. The average molecular weight is 628 g/mol. The highest BCUT2D eigenvalue weighted by Crippen LogP contribution is 2.48. The van der Waals surface area contributed by atoms with Gasteiger partial charge in [0.2, 0.25) is 5.72 Å². The van der Waals surface area contributed by atoms with E-state index in [9.17, 15) is 40.0 Å². The molecule has 4 N–H and O–H groups in total. The van der Waals surface area contributed by atoms with Gasteiger partial charge in [-0.25, -0.2) is 9.36 Å². The van der Waals surface area contributed by atoms with Crippen LogP contribution in [-0.4, -0.2) is 56.3 Å². The Hall–Kier alpha value is -4.78. The van der Waals surface area contributed by atoms with Crippen LogP contribution in [0.15, 0.2) is 81.6 Å². The first-order valence-corrected chi connectivity index (χ1v) is 14.4. The van der Waals surface area contributed by atoms with Crippen molar-refractivity contribution in [1.29, 1.82) is 5.26 Å². The van der Waals surface area contributed by atoms with E-state index >= 15 is 0 Å². The van der Waals surface area contributed by atoms with Crippen LogP contribution in [0.3, 0.4) is 0 Å². The molecular formula is C26H26N7O10P. The topological polar surface area (TPSA) is 251 Å². The van der Waals surface area contributed by atoms with Crippen LogP contribution in [0.25, 0.3) is 10.4 Å². The molecule has 0 bridgehead atoms. The normalized spacial score (nSPS) is 23.0. The highest BCUT2D eigenvalue weighted by Gasteiger charge is 2.56. The summed E-state index contributed by atoms with van der Waals surface area (Å²) in [5, 5.41) is 36.6. The molecule has 4 rings (SSSR count). The Bertz CT molecular complexity index is 1750. The number of H-pyrrole nitrogens is 1. The molecule has 0 radical (unpaired) electrons. The number of rotatable bonds is 12. The molecule has 230 valence electrons. The number of nitrogens with zero attached hydrogens (tertiary/aromatic N) is 5. The third-order valence-corrected chi connectivity index (χ3v) is 7.92. The summed E-state index contributed by atoms with van der Waals surface area (Å²) < 4.78 is 36.7. The lowest BCUT2D eigenvalue weighted by Crippen LogP contribution is -2.45. The maximum atomic E-state index is 14.0. The van der Waals surface area contributed by atoms with Crippen LogP contribution < -0.4 is 20.9 Å². The molecule has 18 heteroatoms. The fourth-order valence-electron chi connectivity index (χ4n) is 4.10. The minimum atomic E-state index is -4.68. The molecule has 0 aliphatic carbocycles. The third-order valence-electron chi connectivity index (χ3n) is 6.30. The summed E-state index contributed by atoms with van der Waals surface area (Å²) in [5.41, 5.74) is 5.83. The smallest absolute Gasteiger partial charge is 0.459 e. The molecular weight excluding hydrogens is 601 g/mol. The zero-order valence-electron chi connectivity index (χ0n) is 22.9. The zero-order chi connectivity index (χ0) is 31.9. The molecule has 44 heavy (non-hydrogen) atoms. The Labute approximate surface area is 248 Å². The fourth-order valence-corrected chi connectivity index (χ4v) is 5.60. The predicted octanol–water partition coefficient (Wildman–Crippen LogP) is 1.59. The van der Waals surface area contributed by atoms with Crippen molar-refractivity contribution in [2.45, 2.75) is 43.7 Å². The maximum Gasteiger partial charge on any atom is 0.459 e. The molecule has 2 aromatic carbocycles.